The van der Waals surface area contributed by atoms with E-state index in [9.17, 15) is 14.9 Å². The summed E-state index contributed by atoms with van der Waals surface area (Å²) < 4.78 is 5.57. The Kier molecular flexibility index (Phi) is 3.74. The predicted molar refractivity (Wildman–Crippen MR) is 72.3 cm³/mol. The van der Waals surface area contributed by atoms with Gasteiger partial charge >= 0.3 is 0 Å². The van der Waals surface area contributed by atoms with E-state index in [1.807, 2.05) is 0 Å². The first-order valence-corrected chi connectivity index (χ1v) is 5.86. The Hall–Kier alpha value is -2.76. The summed E-state index contributed by atoms with van der Waals surface area (Å²) in [5, 5.41) is 10.7. The Morgan fingerprint density at radius 1 is 1.25 bits per heavy atom. The molecule has 6 nitrogen and oxygen atoms in total. The molecule has 0 amide bonds. The van der Waals surface area contributed by atoms with Crippen molar-refractivity contribution in [1.29, 1.82) is 0 Å². The van der Waals surface area contributed by atoms with Gasteiger partial charge in [-0.15, -0.1) is 0 Å². The molecule has 0 aliphatic carbocycles. The van der Waals surface area contributed by atoms with Gasteiger partial charge in [-0.3, -0.25) is 14.9 Å². The SMILES string of the molecule is Cc1cc(Oc2ncc(C=O)cc2C)ccc1[N+](=O)[O-]. The van der Waals surface area contributed by atoms with Gasteiger partial charge in [-0.1, -0.05) is 0 Å². The average Bonchev–Trinajstić information content (AvgIpc) is 2.40. The molecule has 0 saturated heterocycles. The second kappa shape index (κ2) is 5.48. The largest absolute Gasteiger partial charge is 0.439 e. The number of benzene rings is 1. The van der Waals surface area contributed by atoms with Gasteiger partial charge in [0.05, 0.1) is 4.92 Å². The van der Waals surface area contributed by atoms with Crippen molar-refractivity contribution in [3.63, 3.8) is 0 Å². The van der Waals surface area contributed by atoms with Gasteiger partial charge in [-0.2, -0.15) is 0 Å². The molecule has 0 fully saturated rings. The van der Waals surface area contributed by atoms with E-state index in [2.05, 4.69) is 4.98 Å². The van der Waals surface area contributed by atoms with Gasteiger partial charge in [0.1, 0.15) is 5.75 Å². The van der Waals surface area contributed by atoms with Crippen LogP contribution >= 0.6 is 0 Å². The van der Waals surface area contributed by atoms with E-state index in [0.717, 1.165) is 0 Å². The molecule has 0 spiro atoms. The lowest BCUT2D eigenvalue weighted by atomic mass is 10.2. The number of rotatable bonds is 4. The van der Waals surface area contributed by atoms with Crippen molar-refractivity contribution < 1.29 is 14.5 Å². The second-order valence-corrected chi connectivity index (χ2v) is 4.32. The third kappa shape index (κ3) is 2.80. The third-order valence-electron chi connectivity index (χ3n) is 2.77. The van der Waals surface area contributed by atoms with Gasteiger partial charge in [-0.25, -0.2) is 4.98 Å². The number of nitrogens with zero attached hydrogens (tertiary/aromatic N) is 2. The highest BCUT2D eigenvalue weighted by Crippen LogP contribution is 2.27. The van der Waals surface area contributed by atoms with Gasteiger partial charge in [0.15, 0.2) is 6.29 Å². The van der Waals surface area contributed by atoms with Crippen LogP contribution in [-0.4, -0.2) is 16.2 Å². The number of carbonyl (C=O) groups is 1. The van der Waals surface area contributed by atoms with Gasteiger partial charge in [0.2, 0.25) is 5.88 Å². The van der Waals surface area contributed by atoms with Crippen molar-refractivity contribution in [2.24, 2.45) is 0 Å². The van der Waals surface area contributed by atoms with Crippen LogP contribution in [0.3, 0.4) is 0 Å². The first-order chi connectivity index (χ1) is 9.51. The van der Waals surface area contributed by atoms with Crippen molar-refractivity contribution >= 4 is 12.0 Å². The molecule has 0 atom stereocenters. The number of hydrogen-bond acceptors (Lipinski definition) is 5. The number of ether oxygens (including phenoxy) is 1. The smallest absolute Gasteiger partial charge is 0.272 e. The standard InChI is InChI=1S/C14H12N2O4/c1-9-6-12(3-4-13(9)16(18)19)20-14-10(2)5-11(8-17)7-15-14/h3-8H,1-2H3. The van der Waals surface area contributed by atoms with E-state index >= 15 is 0 Å². The molecule has 0 bridgehead atoms. The molecule has 0 radical (unpaired) electrons. The van der Waals surface area contributed by atoms with Gasteiger partial charge in [0, 0.05) is 29.0 Å². The molecule has 1 heterocycles. The van der Waals surface area contributed by atoms with Gasteiger partial charge < -0.3 is 4.74 Å². The van der Waals surface area contributed by atoms with Crippen LogP contribution in [0.2, 0.25) is 0 Å². The normalized spacial score (nSPS) is 10.1. The van der Waals surface area contributed by atoms with Crippen molar-refractivity contribution in [3.8, 4) is 11.6 Å². The molecule has 0 unspecified atom stereocenters. The fraction of sp³-hybridized carbons (Fsp3) is 0.143. The first-order valence-electron chi connectivity index (χ1n) is 5.86. The third-order valence-corrected chi connectivity index (χ3v) is 2.77. The zero-order valence-electron chi connectivity index (χ0n) is 11.0. The fourth-order valence-corrected chi connectivity index (χ4v) is 1.76. The zero-order valence-corrected chi connectivity index (χ0v) is 11.0. The molecule has 0 saturated carbocycles. The molecule has 2 aromatic rings. The molecular formula is C14H12N2O4. The van der Waals surface area contributed by atoms with Crippen molar-refractivity contribution in [2.45, 2.75) is 13.8 Å². The minimum atomic E-state index is -0.443. The monoisotopic (exact) mass is 272 g/mol. The number of carbonyl (C=O) groups excluding carboxylic acids is 1. The van der Waals surface area contributed by atoms with Crippen LogP contribution in [0.25, 0.3) is 0 Å². The molecule has 1 aromatic heterocycles. The summed E-state index contributed by atoms with van der Waals surface area (Å²) in [7, 11) is 0. The lowest BCUT2D eigenvalue weighted by Crippen LogP contribution is -1.95. The van der Waals surface area contributed by atoms with E-state index in [0.29, 0.717) is 34.6 Å². The maximum atomic E-state index is 10.7. The maximum absolute atomic E-state index is 10.7. The summed E-state index contributed by atoms with van der Waals surface area (Å²) in [5.41, 5.74) is 1.73. The van der Waals surface area contributed by atoms with Crippen molar-refractivity contribution in [3.05, 3.63) is 57.3 Å². The van der Waals surface area contributed by atoms with Crippen LogP contribution in [0.15, 0.2) is 30.5 Å². The van der Waals surface area contributed by atoms with Gasteiger partial charge in [0.25, 0.3) is 5.69 Å². The van der Waals surface area contributed by atoms with Crippen LogP contribution in [0.1, 0.15) is 21.5 Å². The number of aryl methyl sites for hydroxylation is 2. The van der Waals surface area contributed by atoms with Crippen LogP contribution in [0.4, 0.5) is 5.69 Å². The fourth-order valence-electron chi connectivity index (χ4n) is 1.76. The van der Waals surface area contributed by atoms with E-state index in [-0.39, 0.29) is 5.69 Å². The van der Waals surface area contributed by atoms with Crippen molar-refractivity contribution in [2.75, 3.05) is 0 Å². The van der Waals surface area contributed by atoms with E-state index < -0.39 is 4.92 Å². The highest BCUT2D eigenvalue weighted by atomic mass is 16.6. The summed E-state index contributed by atoms with van der Waals surface area (Å²) in [6.45, 7) is 3.41. The summed E-state index contributed by atoms with van der Waals surface area (Å²) in [6, 6.07) is 6.14. The molecular weight excluding hydrogens is 260 g/mol. The Labute approximate surface area is 115 Å². The van der Waals surface area contributed by atoms with Crippen LogP contribution < -0.4 is 4.74 Å². The molecule has 1 aromatic carbocycles. The Morgan fingerprint density at radius 2 is 2.00 bits per heavy atom. The second-order valence-electron chi connectivity index (χ2n) is 4.32. The van der Waals surface area contributed by atoms with Crippen LogP contribution in [0, 0.1) is 24.0 Å². The van der Waals surface area contributed by atoms with Gasteiger partial charge in [-0.05, 0) is 32.0 Å². The quantitative estimate of drug-likeness (QED) is 0.485. The maximum Gasteiger partial charge on any atom is 0.272 e. The Morgan fingerprint density at radius 3 is 2.55 bits per heavy atom. The minimum absolute atomic E-state index is 0.0401. The number of aromatic nitrogens is 1. The molecule has 20 heavy (non-hydrogen) atoms. The van der Waals surface area contributed by atoms with E-state index in [1.165, 1.54) is 18.3 Å². The molecule has 2 rings (SSSR count). The minimum Gasteiger partial charge on any atom is -0.439 e. The topological polar surface area (TPSA) is 82.3 Å². The molecule has 0 N–H and O–H groups in total. The van der Waals surface area contributed by atoms with Crippen LogP contribution in [-0.2, 0) is 0 Å². The average molecular weight is 272 g/mol. The highest BCUT2D eigenvalue weighted by Gasteiger charge is 2.12. The summed E-state index contributed by atoms with van der Waals surface area (Å²) in [6.07, 6.45) is 2.12. The molecule has 102 valence electrons. The number of pyridine rings is 1. The Balaban J connectivity index is 2.28. The molecule has 6 heteroatoms. The number of hydrogen-bond donors (Lipinski definition) is 0. The lowest BCUT2D eigenvalue weighted by molar-refractivity contribution is -0.385. The Bertz CT molecular complexity index is 683. The summed E-state index contributed by atoms with van der Waals surface area (Å²) in [4.78, 5) is 25.0. The lowest BCUT2D eigenvalue weighted by Gasteiger charge is -2.08. The summed E-state index contributed by atoms with van der Waals surface area (Å²) >= 11 is 0. The zero-order chi connectivity index (χ0) is 14.7. The predicted octanol–water partition coefficient (Wildman–Crippen LogP) is 3.21. The molecule has 0 aliphatic rings. The number of nitro benzene ring substituents is 1. The highest BCUT2D eigenvalue weighted by molar-refractivity contribution is 5.74. The van der Waals surface area contributed by atoms with Crippen LogP contribution in [0.5, 0.6) is 11.6 Å². The number of nitro groups is 1. The van der Waals surface area contributed by atoms with E-state index in [1.54, 1.807) is 26.0 Å². The first kappa shape index (κ1) is 13.7. The number of aldehydes is 1. The molecule has 0 aliphatic heterocycles. The summed E-state index contributed by atoms with van der Waals surface area (Å²) in [5.74, 6) is 0.825. The van der Waals surface area contributed by atoms with Crippen molar-refractivity contribution in [1.82, 2.24) is 4.98 Å². The van der Waals surface area contributed by atoms with E-state index in [4.69, 9.17) is 4.74 Å².